The van der Waals surface area contributed by atoms with Crippen molar-refractivity contribution < 1.29 is 33.3 Å². The molecule has 0 N–H and O–H groups in total. The first kappa shape index (κ1) is 42.7. The molecule has 4 rings (SSSR count). The first-order valence-corrected chi connectivity index (χ1v) is 21.2. The second-order valence-corrected chi connectivity index (χ2v) is 15.8. The van der Waals surface area contributed by atoms with Crippen molar-refractivity contribution in [2.75, 3.05) is 13.2 Å². The van der Waals surface area contributed by atoms with Crippen LogP contribution in [-0.4, -0.2) is 43.3 Å². The third-order valence-electron chi connectivity index (χ3n) is 11.2. The number of esters is 2. The van der Waals surface area contributed by atoms with E-state index in [0.29, 0.717) is 68.1 Å². The highest BCUT2D eigenvalue weighted by Crippen LogP contribution is 2.40. The summed E-state index contributed by atoms with van der Waals surface area (Å²) in [5.74, 6) is -0.387. The monoisotopic (exact) mass is 732 g/mol. The molecule has 7 heteroatoms. The van der Waals surface area contributed by atoms with Crippen molar-refractivity contribution >= 4 is 17.7 Å². The van der Waals surface area contributed by atoms with Gasteiger partial charge in [-0.1, -0.05) is 152 Å². The molecule has 1 saturated heterocycles. The number of carbonyl (C=O) groups is 3. The number of rotatable bonds is 24. The number of benzene rings is 2. The number of hydrogen-bond acceptors (Lipinski definition) is 7. The SMILES string of the molecule is CCCCCCCCCCCC(OC(=O)C1CCOC1)OC(C(=O)OC1CC(C)CCC(CC(=O)CCCCC)C1)(c1ccccc1)c1ccccc1. The molecule has 0 amide bonds. The van der Waals surface area contributed by atoms with Crippen LogP contribution in [0.1, 0.15) is 160 Å². The van der Waals surface area contributed by atoms with Gasteiger partial charge in [0, 0.05) is 25.9 Å². The lowest BCUT2D eigenvalue weighted by Crippen LogP contribution is -2.47. The lowest BCUT2D eigenvalue weighted by molar-refractivity contribution is -0.225. The average Bonchev–Trinajstić information content (AvgIpc) is 3.66. The molecule has 0 radical (unpaired) electrons. The molecule has 1 saturated carbocycles. The highest BCUT2D eigenvalue weighted by atomic mass is 16.7. The van der Waals surface area contributed by atoms with Gasteiger partial charge in [-0.05, 0) is 61.5 Å². The first-order valence-electron chi connectivity index (χ1n) is 21.2. The van der Waals surface area contributed by atoms with Crippen LogP contribution in [0.2, 0.25) is 0 Å². The van der Waals surface area contributed by atoms with Crippen LogP contribution in [0.5, 0.6) is 0 Å². The highest BCUT2D eigenvalue weighted by molar-refractivity contribution is 5.86. The van der Waals surface area contributed by atoms with Gasteiger partial charge in [0.1, 0.15) is 11.9 Å². The molecule has 0 aromatic heterocycles. The molecule has 0 spiro atoms. The number of hydrogen-bond donors (Lipinski definition) is 0. The van der Waals surface area contributed by atoms with Crippen LogP contribution in [0.3, 0.4) is 0 Å². The molecule has 2 fully saturated rings. The van der Waals surface area contributed by atoms with E-state index in [2.05, 4.69) is 20.8 Å². The Balaban J connectivity index is 1.60. The largest absolute Gasteiger partial charge is 0.460 e. The molecule has 2 aliphatic rings. The van der Waals surface area contributed by atoms with E-state index in [4.69, 9.17) is 18.9 Å². The molecule has 5 unspecified atom stereocenters. The molecule has 2 aromatic rings. The zero-order valence-corrected chi connectivity index (χ0v) is 33.1. The summed E-state index contributed by atoms with van der Waals surface area (Å²) in [6, 6.07) is 19.0. The zero-order chi connectivity index (χ0) is 37.7. The molecule has 2 aromatic carbocycles. The summed E-state index contributed by atoms with van der Waals surface area (Å²) in [7, 11) is 0. The van der Waals surface area contributed by atoms with E-state index in [9.17, 15) is 9.59 Å². The van der Waals surface area contributed by atoms with Gasteiger partial charge in [0.25, 0.3) is 0 Å². The fraction of sp³-hybridized carbons (Fsp3) is 0.674. The van der Waals surface area contributed by atoms with Gasteiger partial charge in [0.05, 0.1) is 12.5 Å². The number of unbranched alkanes of at least 4 members (excludes halogenated alkanes) is 10. The fourth-order valence-electron chi connectivity index (χ4n) is 8.02. The molecule has 0 bridgehead atoms. The maximum atomic E-state index is 15.1. The molecule has 1 aliphatic heterocycles. The minimum absolute atomic E-state index is 0.171. The van der Waals surface area contributed by atoms with Crippen molar-refractivity contribution in [3.63, 3.8) is 0 Å². The Hall–Kier alpha value is -3.03. The maximum Gasteiger partial charge on any atom is 0.348 e. The van der Waals surface area contributed by atoms with Crippen LogP contribution in [0, 0.1) is 17.8 Å². The average molecular weight is 733 g/mol. The van der Waals surface area contributed by atoms with Gasteiger partial charge >= 0.3 is 11.9 Å². The van der Waals surface area contributed by atoms with E-state index in [0.717, 1.165) is 57.8 Å². The summed E-state index contributed by atoms with van der Waals surface area (Å²) in [5, 5.41) is 0. The number of ether oxygens (including phenoxy) is 4. The number of carbonyl (C=O) groups excluding carboxylic acids is 3. The van der Waals surface area contributed by atoms with Crippen molar-refractivity contribution in [2.45, 2.75) is 167 Å². The highest BCUT2D eigenvalue weighted by Gasteiger charge is 2.49. The van der Waals surface area contributed by atoms with E-state index < -0.39 is 17.9 Å². The van der Waals surface area contributed by atoms with Gasteiger partial charge in [-0.25, -0.2) is 4.79 Å². The van der Waals surface area contributed by atoms with E-state index in [1.807, 2.05) is 60.7 Å². The summed E-state index contributed by atoms with van der Waals surface area (Å²) in [6.07, 6.45) is 17.7. The van der Waals surface area contributed by atoms with Crippen molar-refractivity contribution in [1.29, 1.82) is 0 Å². The van der Waals surface area contributed by atoms with E-state index in [1.54, 1.807) is 0 Å². The van der Waals surface area contributed by atoms with Crippen LogP contribution in [-0.2, 0) is 38.9 Å². The summed E-state index contributed by atoms with van der Waals surface area (Å²) >= 11 is 0. The Morgan fingerprint density at radius 2 is 1.36 bits per heavy atom. The Kier molecular flexibility index (Phi) is 19.1. The van der Waals surface area contributed by atoms with Crippen LogP contribution >= 0.6 is 0 Å². The van der Waals surface area contributed by atoms with Gasteiger partial charge in [0.15, 0.2) is 0 Å². The first-order chi connectivity index (χ1) is 25.8. The summed E-state index contributed by atoms with van der Waals surface area (Å²) in [5.41, 5.74) is -0.435. The Bertz CT molecular complexity index is 1280. The van der Waals surface area contributed by atoms with Crippen molar-refractivity contribution in [2.24, 2.45) is 17.8 Å². The molecule has 53 heavy (non-hydrogen) atoms. The predicted octanol–water partition coefficient (Wildman–Crippen LogP) is 11.1. The summed E-state index contributed by atoms with van der Waals surface area (Å²) in [4.78, 5) is 41.6. The zero-order valence-electron chi connectivity index (χ0n) is 33.1. The van der Waals surface area contributed by atoms with Gasteiger partial charge in [0.2, 0.25) is 11.9 Å². The van der Waals surface area contributed by atoms with E-state index in [1.165, 1.54) is 38.5 Å². The van der Waals surface area contributed by atoms with Gasteiger partial charge in [-0.15, -0.1) is 0 Å². The summed E-state index contributed by atoms with van der Waals surface area (Å²) in [6.45, 7) is 7.45. The minimum Gasteiger partial charge on any atom is -0.460 e. The van der Waals surface area contributed by atoms with Crippen molar-refractivity contribution in [3.8, 4) is 0 Å². The van der Waals surface area contributed by atoms with Gasteiger partial charge in [-0.3, -0.25) is 9.59 Å². The Morgan fingerprint density at radius 1 is 0.755 bits per heavy atom. The third kappa shape index (κ3) is 14.0. The second kappa shape index (κ2) is 23.7. The molecular weight excluding hydrogens is 664 g/mol. The Labute approximate surface area is 320 Å². The van der Waals surface area contributed by atoms with Crippen LogP contribution in [0.25, 0.3) is 0 Å². The van der Waals surface area contributed by atoms with Crippen LogP contribution in [0.15, 0.2) is 60.7 Å². The second-order valence-electron chi connectivity index (χ2n) is 15.8. The third-order valence-corrected chi connectivity index (χ3v) is 11.2. The lowest BCUT2D eigenvalue weighted by atomic mass is 9.85. The van der Waals surface area contributed by atoms with E-state index >= 15 is 4.79 Å². The summed E-state index contributed by atoms with van der Waals surface area (Å²) < 4.78 is 25.3. The predicted molar refractivity (Wildman–Crippen MR) is 210 cm³/mol. The van der Waals surface area contributed by atoms with Gasteiger partial charge in [-0.2, -0.15) is 0 Å². The minimum atomic E-state index is -1.68. The van der Waals surface area contributed by atoms with Gasteiger partial charge < -0.3 is 18.9 Å². The topological polar surface area (TPSA) is 88.1 Å². The van der Waals surface area contributed by atoms with Crippen molar-refractivity contribution in [1.82, 2.24) is 0 Å². The number of Topliss-reactive ketones (excluding diaryl/α,β-unsaturated/α-hetero) is 1. The smallest absolute Gasteiger partial charge is 0.348 e. The quantitative estimate of drug-likeness (QED) is 0.0459. The molecular formula is C46H68O7. The Morgan fingerprint density at radius 3 is 1.96 bits per heavy atom. The van der Waals surface area contributed by atoms with E-state index in [-0.39, 0.29) is 23.9 Å². The number of ketones is 1. The van der Waals surface area contributed by atoms with Crippen LogP contribution < -0.4 is 0 Å². The molecule has 294 valence electrons. The molecule has 1 aliphatic carbocycles. The molecule has 7 nitrogen and oxygen atoms in total. The van der Waals surface area contributed by atoms with Crippen LogP contribution in [0.4, 0.5) is 0 Å². The fourth-order valence-corrected chi connectivity index (χ4v) is 8.02. The molecule has 1 heterocycles. The standard InChI is InChI=1S/C46H68O7/c1-4-6-8-9-10-11-12-13-21-27-43(52-44(48)38-30-31-50-35-38)53-46(39-22-17-14-18-23-39,40-24-19-15-20-25-40)45(49)51-42-32-36(3)28-29-37(34-42)33-41(47)26-16-7-5-2/h14-15,17-20,22-25,36-38,42-43H,4-13,16,21,26-35H2,1-3H3. The normalized spacial score (nSPS) is 21.1. The van der Waals surface area contributed by atoms with Crippen molar-refractivity contribution in [3.05, 3.63) is 71.8 Å². The molecule has 5 atom stereocenters. The maximum absolute atomic E-state index is 15.1. The lowest BCUT2D eigenvalue weighted by Gasteiger charge is -2.37.